The molecule has 0 aliphatic rings. The quantitative estimate of drug-likeness (QED) is 0.791. The fourth-order valence-electron chi connectivity index (χ4n) is 2.79. The van der Waals surface area contributed by atoms with Gasteiger partial charge in [0.05, 0.1) is 25.6 Å². The molecule has 0 saturated carbocycles. The van der Waals surface area contributed by atoms with Gasteiger partial charge in [0.25, 0.3) is 0 Å². The van der Waals surface area contributed by atoms with Gasteiger partial charge in [-0.2, -0.15) is 0 Å². The normalized spacial score (nSPS) is 10.4. The molecule has 0 heterocycles. The Kier molecular flexibility index (Phi) is 5.74. The van der Waals surface area contributed by atoms with E-state index in [0.717, 1.165) is 47.9 Å². The third kappa shape index (κ3) is 3.89. The molecule has 0 aliphatic heterocycles. The second-order valence-corrected chi connectivity index (χ2v) is 5.43. The maximum absolute atomic E-state index is 6.24. The van der Waals surface area contributed by atoms with Crippen molar-refractivity contribution in [1.82, 2.24) is 0 Å². The maximum Gasteiger partial charge on any atom is 0.160 e. The van der Waals surface area contributed by atoms with E-state index in [-0.39, 0.29) is 0 Å². The zero-order chi connectivity index (χ0) is 16.8. The van der Waals surface area contributed by atoms with Crippen LogP contribution in [0.2, 0.25) is 0 Å². The number of ether oxygens (including phenoxy) is 2. The fraction of sp³-hybridized carbons (Fsp3) is 0.368. The van der Waals surface area contributed by atoms with Gasteiger partial charge in [-0.25, -0.2) is 0 Å². The molecule has 0 amide bonds. The second-order valence-electron chi connectivity index (χ2n) is 5.43. The number of hydrogen-bond acceptors (Lipinski definition) is 4. The lowest BCUT2D eigenvalue weighted by atomic mass is 10.0. The second kappa shape index (κ2) is 7.77. The van der Waals surface area contributed by atoms with Crippen molar-refractivity contribution in [2.24, 2.45) is 0 Å². The van der Waals surface area contributed by atoms with Gasteiger partial charge in [-0.1, -0.05) is 12.1 Å². The minimum atomic E-state index is 0.743. The highest BCUT2D eigenvalue weighted by atomic mass is 16.5. The Morgan fingerprint density at radius 1 is 0.870 bits per heavy atom. The molecule has 0 aromatic heterocycles. The van der Waals surface area contributed by atoms with Crippen LogP contribution in [-0.2, 0) is 6.42 Å². The molecule has 4 nitrogen and oxygen atoms in total. The average molecular weight is 314 g/mol. The molecule has 0 aliphatic carbocycles. The van der Waals surface area contributed by atoms with E-state index >= 15 is 0 Å². The van der Waals surface area contributed by atoms with Gasteiger partial charge >= 0.3 is 0 Å². The van der Waals surface area contributed by atoms with Crippen molar-refractivity contribution in [3.63, 3.8) is 0 Å². The third-order valence-electron chi connectivity index (χ3n) is 4.05. The van der Waals surface area contributed by atoms with Gasteiger partial charge in [0.2, 0.25) is 0 Å². The number of methoxy groups -OCH3 is 2. The number of nitrogens with two attached hydrogens (primary N) is 1. The van der Waals surface area contributed by atoms with Crippen molar-refractivity contribution in [1.29, 1.82) is 0 Å². The predicted octanol–water partition coefficient (Wildman–Crippen LogP) is 3.72. The molecule has 0 fully saturated rings. The third-order valence-corrected chi connectivity index (χ3v) is 4.05. The summed E-state index contributed by atoms with van der Waals surface area (Å²) < 4.78 is 10.6. The first-order valence-electron chi connectivity index (χ1n) is 7.97. The number of rotatable bonds is 7. The highest BCUT2D eigenvalue weighted by Gasteiger charge is 2.09. The number of benzene rings is 2. The van der Waals surface area contributed by atoms with E-state index in [1.807, 2.05) is 12.1 Å². The lowest BCUT2D eigenvalue weighted by Crippen LogP contribution is -2.22. The van der Waals surface area contributed by atoms with E-state index in [1.54, 1.807) is 14.2 Å². The van der Waals surface area contributed by atoms with E-state index in [4.69, 9.17) is 15.2 Å². The van der Waals surface area contributed by atoms with E-state index in [1.165, 1.54) is 5.56 Å². The first-order valence-corrected chi connectivity index (χ1v) is 7.97. The first kappa shape index (κ1) is 17.0. The summed E-state index contributed by atoms with van der Waals surface area (Å²) in [5, 5.41) is 0. The number of nitrogens with zero attached hydrogens (tertiary/aromatic N) is 1. The molecule has 0 atom stereocenters. The summed E-state index contributed by atoms with van der Waals surface area (Å²) in [5.74, 6) is 1.49. The largest absolute Gasteiger partial charge is 0.493 e. The van der Waals surface area contributed by atoms with Crippen LogP contribution in [0.4, 0.5) is 11.4 Å². The molecule has 0 bridgehead atoms. The van der Waals surface area contributed by atoms with Crippen molar-refractivity contribution in [3.05, 3.63) is 47.5 Å². The molecular weight excluding hydrogens is 288 g/mol. The maximum atomic E-state index is 6.24. The van der Waals surface area contributed by atoms with Gasteiger partial charge in [0.1, 0.15) is 0 Å². The average Bonchev–Trinajstić information content (AvgIpc) is 2.57. The van der Waals surface area contributed by atoms with Crippen LogP contribution in [0.1, 0.15) is 25.0 Å². The lowest BCUT2D eigenvalue weighted by molar-refractivity contribution is 0.354. The Morgan fingerprint density at radius 2 is 1.48 bits per heavy atom. The van der Waals surface area contributed by atoms with Crippen LogP contribution in [0.15, 0.2) is 36.4 Å². The van der Waals surface area contributed by atoms with Crippen LogP contribution in [-0.4, -0.2) is 27.3 Å². The number of anilines is 2. The summed E-state index contributed by atoms with van der Waals surface area (Å²) in [5.41, 5.74) is 10.5. The Hall–Kier alpha value is -2.36. The molecule has 0 radical (unpaired) electrons. The number of nitrogen functional groups attached to an aromatic ring is 1. The Morgan fingerprint density at radius 3 is 2.04 bits per heavy atom. The molecule has 124 valence electrons. The van der Waals surface area contributed by atoms with Crippen LogP contribution >= 0.6 is 0 Å². The SMILES string of the molecule is CCN(CC)c1ccc(Cc2ccc(OC)c(OC)c2)cc1N. The molecule has 0 unspecified atom stereocenters. The van der Waals surface area contributed by atoms with Crippen LogP contribution < -0.4 is 20.1 Å². The van der Waals surface area contributed by atoms with Gasteiger partial charge in [-0.05, 0) is 55.7 Å². The summed E-state index contributed by atoms with van der Waals surface area (Å²) in [6.07, 6.45) is 0.809. The van der Waals surface area contributed by atoms with Crippen molar-refractivity contribution in [2.75, 3.05) is 37.9 Å². The topological polar surface area (TPSA) is 47.7 Å². The van der Waals surface area contributed by atoms with Crippen LogP contribution in [0, 0.1) is 0 Å². The molecule has 2 aromatic rings. The standard InChI is InChI=1S/C19H26N2O2/c1-5-21(6-2)17-9-7-14(12-16(17)20)11-15-8-10-18(22-3)19(13-15)23-4/h7-10,12-13H,5-6,11,20H2,1-4H3. The van der Waals surface area contributed by atoms with Crippen LogP contribution in [0.3, 0.4) is 0 Å². The summed E-state index contributed by atoms with van der Waals surface area (Å²) in [6, 6.07) is 12.3. The molecule has 0 saturated heterocycles. The van der Waals surface area contributed by atoms with Crippen molar-refractivity contribution in [2.45, 2.75) is 20.3 Å². The van der Waals surface area contributed by atoms with Gasteiger partial charge in [0, 0.05) is 13.1 Å². The lowest BCUT2D eigenvalue weighted by Gasteiger charge is -2.23. The van der Waals surface area contributed by atoms with Crippen LogP contribution in [0.25, 0.3) is 0 Å². The van der Waals surface area contributed by atoms with Gasteiger partial charge in [-0.15, -0.1) is 0 Å². The minimum absolute atomic E-state index is 0.743. The monoisotopic (exact) mass is 314 g/mol. The smallest absolute Gasteiger partial charge is 0.160 e. The summed E-state index contributed by atoms with van der Waals surface area (Å²) in [7, 11) is 3.29. The Labute approximate surface area is 138 Å². The van der Waals surface area contributed by atoms with Gasteiger partial charge in [-0.3, -0.25) is 0 Å². The predicted molar refractivity (Wildman–Crippen MR) is 96.8 cm³/mol. The highest BCUT2D eigenvalue weighted by molar-refractivity contribution is 5.68. The molecule has 2 N–H and O–H groups in total. The van der Waals surface area contributed by atoms with Crippen molar-refractivity contribution < 1.29 is 9.47 Å². The summed E-state index contributed by atoms with van der Waals surface area (Å²) >= 11 is 0. The van der Waals surface area contributed by atoms with Gasteiger partial charge in [0.15, 0.2) is 11.5 Å². The molecule has 0 spiro atoms. The molecular formula is C19H26N2O2. The highest BCUT2D eigenvalue weighted by Crippen LogP contribution is 2.30. The number of hydrogen-bond donors (Lipinski definition) is 1. The summed E-state index contributed by atoms with van der Waals surface area (Å²) in [6.45, 7) is 6.19. The van der Waals surface area contributed by atoms with E-state index in [0.29, 0.717) is 0 Å². The zero-order valence-corrected chi connectivity index (χ0v) is 14.4. The van der Waals surface area contributed by atoms with E-state index in [9.17, 15) is 0 Å². The van der Waals surface area contributed by atoms with Crippen LogP contribution in [0.5, 0.6) is 11.5 Å². The molecule has 2 aromatic carbocycles. The minimum Gasteiger partial charge on any atom is -0.493 e. The molecule has 23 heavy (non-hydrogen) atoms. The summed E-state index contributed by atoms with van der Waals surface area (Å²) in [4.78, 5) is 2.26. The van der Waals surface area contributed by atoms with Crippen molar-refractivity contribution in [3.8, 4) is 11.5 Å². The Bertz CT molecular complexity index is 652. The van der Waals surface area contributed by atoms with E-state index in [2.05, 4.69) is 43.0 Å². The molecule has 2 rings (SSSR count). The first-order chi connectivity index (χ1) is 11.1. The van der Waals surface area contributed by atoms with Gasteiger partial charge < -0.3 is 20.1 Å². The Balaban J connectivity index is 2.22. The van der Waals surface area contributed by atoms with E-state index < -0.39 is 0 Å². The van der Waals surface area contributed by atoms with Crippen molar-refractivity contribution >= 4 is 11.4 Å². The zero-order valence-electron chi connectivity index (χ0n) is 14.4. The fourth-order valence-corrected chi connectivity index (χ4v) is 2.79. The molecule has 4 heteroatoms.